The van der Waals surface area contributed by atoms with Gasteiger partial charge < -0.3 is 5.73 Å². The molecule has 0 aliphatic heterocycles. The van der Waals surface area contributed by atoms with E-state index < -0.39 is 0 Å². The summed E-state index contributed by atoms with van der Waals surface area (Å²) in [5.74, 6) is 1.06. The lowest BCUT2D eigenvalue weighted by molar-refractivity contribution is 0.810. The Morgan fingerprint density at radius 2 is 2.00 bits per heavy atom. The molecule has 2 rings (SSSR count). The number of anilines is 1. The maximum Gasteiger partial charge on any atom is 0.224 e. The van der Waals surface area contributed by atoms with Crippen LogP contribution in [-0.4, -0.2) is 30.8 Å². The first-order chi connectivity index (χ1) is 8.11. The van der Waals surface area contributed by atoms with Gasteiger partial charge in [-0.05, 0) is 23.7 Å². The van der Waals surface area contributed by atoms with Gasteiger partial charge in [-0.1, -0.05) is 30.1 Å². The first-order valence-electron chi connectivity index (χ1n) is 5.00. The van der Waals surface area contributed by atoms with E-state index in [0.717, 1.165) is 10.6 Å². The molecule has 2 heterocycles. The van der Waals surface area contributed by atoms with E-state index in [1.165, 1.54) is 23.3 Å². The van der Waals surface area contributed by atoms with Gasteiger partial charge in [-0.2, -0.15) is 9.97 Å². The smallest absolute Gasteiger partial charge is 0.224 e. The van der Waals surface area contributed by atoms with Gasteiger partial charge >= 0.3 is 0 Å². The van der Waals surface area contributed by atoms with Crippen LogP contribution in [-0.2, 0) is 0 Å². The van der Waals surface area contributed by atoms with E-state index in [-0.39, 0.29) is 11.9 Å². The van der Waals surface area contributed by atoms with Crippen molar-refractivity contribution in [3.63, 3.8) is 0 Å². The molecule has 90 valence electrons. The molecule has 0 spiro atoms. The third-order valence-corrected chi connectivity index (χ3v) is 3.36. The van der Waals surface area contributed by atoms with Crippen LogP contribution in [0.3, 0.4) is 0 Å². The minimum absolute atomic E-state index is 0.224. The highest BCUT2D eigenvalue weighted by Gasteiger charge is 2.17. The predicted octanol–water partition coefficient (Wildman–Crippen LogP) is 1.82. The van der Waals surface area contributed by atoms with E-state index >= 15 is 0 Å². The average Bonchev–Trinajstić information content (AvgIpc) is 2.77. The third kappa shape index (κ3) is 2.52. The van der Waals surface area contributed by atoms with Gasteiger partial charge in [0.15, 0.2) is 11.0 Å². The lowest BCUT2D eigenvalue weighted by Gasteiger charge is -2.04. The van der Waals surface area contributed by atoms with E-state index in [4.69, 9.17) is 5.73 Å². The Morgan fingerprint density at radius 3 is 2.65 bits per heavy atom. The van der Waals surface area contributed by atoms with E-state index in [9.17, 15) is 0 Å². The number of nitrogens with two attached hydrogens (primary N) is 1. The molecule has 17 heavy (non-hydrogen) atoms. The van der Waals surface area contributed by atoms with E-state index in [0.29, 0.717) is 11.0 Å². The van der Waals surface area contributed by atoms with Crippen LogP contribution in [0.2, 0.25) is 0 Å². The summed E-state index contributed by atoms with van der Waals surface area (Å²) in [7, 11) is 0. The fraction of sp³-hybridized carbons (Fsp3) is 0.444. The summed E-state index contributed by atoms with van der Waals surface area (Å²) < 4.78 is 3.95. The molecular weight excluding hydrogens is 256 g/mol. The Hall–Kier alpha value is -1.28. The second-order valence-corrected chi connectivity index (χ2v) is 5.17. The molecule has 0 atom stereocenters. The fourth-order valence-corrected chi connectivity index (χ4v) is 2.41. The van der Waals surface area contributed by atoms with Crippen molar-refractivity contribution in [2.75, 3.05) is 12.0 Å². The standard InChI is InChI=1S/C9H12N6S2/c1-4(2)5-6(17-15-14-5)7-11-8(10)13-9(12-7)16-3/h4H,1-3H3,(H2,10,11,12,13). The zero-order chi connectivity index (χ0) is 12.4. The Kier molecular flexibility index (Phi) is 3.53. The molecule has 0 amide bonds. The van der Waals surface area contributed by atoms with Gasteiger partial charge in [0.2, 0.25) is 5.95 Å². The molecule has 0 radical (unpaired) electrons. The monoisotopic (exact) mass is 268 g/mol. The van der Waals surface area contributed by atoms with Crippen LogP contribution in [0.25, 0.3) is 10.7 Å². The molecule has 2 N–H and O–H groups in total. The van der Waals surface area contributed by atoms with Gasteiger partial charge in [-0.15, -0.1) is 5.10 Å². The van der Waals surface area contributed by atoms with Crippen molar-refractivity contribution in [3.8, 4) is 10.7 Å². The van der Waals surface area contributed by atoms with Gasteiger partial charge in [0.1, 0.15) is 4.88 Å². The van der Waals surface area contributed by atoms with Crippen molar-refractivity contribution in [2.45, 2.75) is 24.9 Å². The maximum atomic E-state index is 5.66. The molecule has 0 saturated heterocycles. The van der Waals surface area contributed by atoms with Gasteiger partial charge in [-0.25, -0.2) is 4.98 Å². The molecule has 0 unspecified atom stereocenters. The van der Waals surface area contributed by atoms with Gasteiger partial charge in [0, 0.05) is 0 Å². The Balaban J connectivity index is 2.52. The second-order valence-electron chi connectivity index (χ2n) is 3.65. The fourth-order valence-electron chi connectivity index (χ4n) is 1.30. The predicted molar refractivity (Wildman–Crippen MR) is 69.0 cm³/mol. The first kappa shape index (κ1) is 12.2. The molecule has 6 nitrogen and oxygen atoms in total. The van der Waals surface area contributed by atoms with Crippen LogP contribution < -0.4 is 5.73 Å². The maximum absolute atomic E-state index is 5.66. The summed E-state index contributed by atoms with van der Waals surface area (Å²) in [6.45, 7) is 4.11. The van der Waals surface area contributed by atoms with Crippen LogP contribution in [0.1, 0.15) is 25.5 Å². The van der Waals surface area contributed by atoms with Crippen LogP contribution in [0.15, 0.2) is 5.16 Å². The molecule has 0 fully saturated rings. The highest BCUT2D eigenvalue weighted by Crippen LogP contribution is 2.29. The second kappa shape index (κ2) is 4.92. The summed E-state index contributed by atoms with van der Waals surface area (Å²) in [5.41, 5.74) is 6.55. The number of aromatic nitrogens is 5. The number of thioether (sulfide) groups is 1. The summed E-state index contributed by atoms with van der Waals surface area (Å²) >= 11 is 2.71. The highest BCUT2D eigenvalue weighted by atomic mass is 32.2. The van der Waals surface area contributed by atoms with Crippen molar-refractivity contribution in [1.29, 1.82) is 0 Å². The van der Waals surface area contributed by atoms with Gasteiger partial charge in [0.25, 0.3) is 0 Å². The van der Waals surface area contributed by atoms with E-state index in [1.807, 2.05) is 6.26 Å². The highest BCUT2D eigenvalue weighted by molar-refractivity contribution is 7.98. The van der Waals surface area contributed by atoms with Crippen LogP contribution in [0.5, 0.6) is 0 Å². The molecule has 0 aromatic carbocycles. The van der Waals surface area contributed by atoms with E-state index in [2.05, 4.69) is 38.4 Å². The molecule has 0 aliphatic carbocycles. The lowest BCUT2D eigenvalue weighted by atomic mass is 10.1. The average molecular weight is 268 g/mol. The topological polar surface area (TPSA) is 90.5 Å². The molecular formula is C9H12N6S2. The van der Waals surface area contributed by atoms with E-state index in [1.54, 1.807) is 0 Å². The first-order valence-corrected chi connectivity index (χ1v) is 6.99. The summed E-state index contributed by atoms with van der Waals surface area (Å²) in [4.78, 5) is 13.4. The summed E-state index contributed by atoms with van der Waals surface area (Å²) in [6, 6.07) is 0. The molecule has 0 aliphatic rings. The Labute approximate surface area is 107 Å². The van der Waals surface area contributed by atoms with Crippen LogP contribution in [0, 0.1) is 0 Å². The zero-order valence-electron chi connectivity index (χ0n) is 9.71. The van der Waals surface area contributed by atoms with Crippen LogP contribution in [0.4, 0.5) is 5.95 Å². The van der Waals surface area contributed by atoms with Crippen molar-refractivity contribution >= 4 is 29.2 Å². The number of hydrogen-bond acceptors (Lipinski definition) is 8. The number of rotatable bonds is 3. The van der Waals surface area contributed by atoms with Gasteiger partial charge in [0.05, 0.1) is 5.69 Å². The number of hydrogen-bond donors (Lipinski definition) is 1. The van der Waals surface area contributed by atoms with Crippen molar-refractivity contribution < 1.29 is 0 Å². The van der Waals surface area contributed by atoms with Gasteiger partial charge in [-0.3, -0.25) is 0 Å². The summed E-state index contributed by atoms with van der Waals surface area (Å²) in [5, 5.41) is 4.70. The lowest BCUT2D eigenvalue weighted by Crippen LogP contribution is -2.02. The minimum Gasteiger partial charge on any atom is -0.368 e. The third-order valence-electron chi connectivity index (χ3n) is 2.08. The van der Waals surface area contributed by atoms with Crippen molar-refractivity contribution in [1.82, 2.24) is 24.5 Å². The molecule has 2 aromatic heterocycles. The quantitative estimate of drug-likeness (QED) is 0.849. The molecule has 8 heteroatoms. The normalized spacial score (nSPS) is 11.1. The molecule has 0 saturated carbocycles. The minimum atomic E-state index is 0.224. The zero-order valence-corrected chi connectivity index (χ0v) is 11.3. The van der Waals surface area contributed by atoms with Crippen molar-refractivity contribution in [2.24, 2.45) is 0 Å². The number of nitrogen functional groups attached to an aromatic ring is 1. The molecule has 0 bridgehead atoms. The van der Waals surface area contributed by atoms with Crippen LogP contribution >= 0.6 is 23.3 Å². The molecule has 2 aromatic rings. The summed E-state index contributed by atoms with van der Waals surface area (Å²) in [6.07, 6.45) is 1.90. The number of nitrogens with zero attached hydrogens (tertiary/aromatic N) is 5. The Bertz CT molecular complexity index is 524. The largest absolute Gasteiger partial charge is 0.368 e. The van der Waals surface area contributed by atoms with Crippen molar-refractivity contribution in [3.05, 3.63) is 5.69 Å². The Morgan fingerprint density at radius 1 is 1.24 bits per heavy atom. The SMILES string of the molecule is CSc1nc(N)nc(-c2snnc2C(C)C)n1.